The molecular weight excluding hydrogens is 412 g/mol. The quantitative estimate of drug-likeness (QED) is 0.392. The maximum Gasteiger partial charge on any atom is 0.241 e. The van der Waals surface area contributed by atoms with Crippen molar-refractivity contribution in [1.29, 1.82) is 0 Å². The fourth-order valence-electron chi connectivity index (χ4n) is 8.74. The summed E-state index contributed by atoms with van der Waals surface area (Å²) in [6.07, 6.45) is 11.8. The van der Waals surface area contributed by atoms with Gasteiger partial charge in [-0.15, -0.1) is 0 Å². The van der Waals surface area contributed by atoms with E-state index in [9.17, 15) is 0 Å². The Hall–Kier alpha value is -0.0662. The molecule has 6 unspecified atom stereocenters. The Kier molecular flexibility index (Phi) is 5.80. The van der Waals surface area contributed by atoms with Gasteiger partial charge in [0.2, 0.25) is 8.32 Å². The van der Waals surface area contributed by atoms with Gasteiger partial charge < -0.3 is 8.85 Å². The molecule has 0 aliphatic heterocycles. The predicted octanol–water partition coefficient (Wildman–Crippen LogP) is 8.23. The van der Waals surface area contributed by atoms with Crippen LogP contribution in [0.15, 0.2) is 11.8 Å². The molecule has 4 aliphatic carbocycles. The summed E-state index contributed by atoms with van der Waals surface area (Å²) in [6.45, 7) is 24.4. The second-order valence-corrected chi connectivity index (χ2v) is 23.3. The van der Waals surface area contributed by atoms with E-state index in [1.807, 2.05) is 0 Å². The van der Waals surface area contributed by atoms with Gasteiger partial charge in [-0.25, -0.2) is 0 Å². The van der Waals surface area contributed by atoms with Gasteiger partial charge in [-0.1, -0.05) is 20.8 Å². The van der Waals surface area contributed by atoms with E-state index >= 15 is 0 Å². The number of allylic oxidation sites excluding steroid dienone is 2. The second kappa shape index (κ2) is 7.47. The summed E-state index contributed by atoms with van der Waals surface area (Å²) in [5, 5.41) is 0. The van der Waals surface area contributed by atoms with Crippen LogP contribution in [0.3, 0.4) is 0 Å². The molecule has 31 heavy (non-hydrogen) atoms. The molecule has 0 aromatic carbocycles. The average Bonchev–Trinajstić information content (AvgIpc) is 2.84. The minimum absolute atomic E-state index is 0.0788. The lowest BCUT2D eigenvalue weighted by atomic mass is 9.43. The Morgan fingerprint density at radius 1 is 0.871 bits per heavy atom. The van der Waals surface area contributed by atoms with E-state index in [-0.39, 0.29) is 5.60 Å². The maximum absolute atomic E-state index is 6.98. The van der Waals surface area contributed by atoms with Crippen LogP contribution in [0.4, 0.5) is 0 Å². The molecule has 0 amide bonds. The van der Waals surface area contributed by atoms with E-state index < -0.39 is 16.6 Å². The number of rotatable bonds is 4. The SMILES string of the molecule is CC1C[C@@H]2C=C(O[Si](C)(C)C)CCC2(C)C2CCC3(C)C(CC[C@]3(C)O[Si](C)(C)C)C12. The molecule has 0 saturated heterocycles. The van der Waals surface area contributed by atoms with Crippen LogP contribution in [0.25, 0.3) is 0 Å². The fraction of sp³-hybridized carbons (Fsp3) is 0.926. The largest absolute Gasteiger partial charge is 0.548 e. The van der Waals surface area contributed by atoms with Crippen LogP contribution in [0.1, 0.15) is 72.6 Å². The van der Waals surface area contributed by atoms with Crippen LogP contribution >= 0.6 is 0 Å². The smallest absolute Gasteiger partial charge is 0.241 e. The highest BCUT2D eigenvalue weighted by molar-refractivity contribution is 6.70. The lowest BCUT2D eigenvalue weighted by molar-refractivity contribution is -0.146. The summed E-state index contributed by atoms with van der Waals surface area (Å²) < 4.78 is 13.5. The van der Waals surface area contributed by atoms with Crippen molar-refractivity contribution in [2.24, 2.45) is 40.4 Å². The minimum atomic E-state index is -1.57. The van der Waals surface area contributed by atoms with Crippen molar-refractivity contribution >= 4 is 16.6 Å². The fourth-order valence-corrected chi connectivity index (χ4v) is 11.4. The first kappa shape index (κ1) is 24.1. The zero-order chi connectivity index (χ0) is 23.0. The summed E-state index contributed by atoms with van der Waals surface area (Å²) in [5.74, 6) is 5.43. The topological polar surface area (TPSA) is 18.5 Å². The van der Waals surface area contributed by atoms with Gasteiger partial charge in [0.05, 0.1) is 11.4 Å². The maximum atomic E-state index is 6.98. The van der Waals surface area contributed by atoms with E-state index in [4.69, 9.17) is 8.85 Å². The molecule has 0 spiro atoms. The molecule has 0 radical (unpaired) electrons. The zero-order valence-electron chi connectivity index (χ0n) is 22.2. The number of fused-ring (bicyclic) bond motifs is 5. The van der Waals surface area contributed by atoms with Crippen LogP contribution < -0.4 is 0 Å². The molecular formula is C27H50O2Si2. The third kappa shape index (κ3) is 4.05. The normalized spacial score (nSPS) is 47.8. The van der Waals surface area contributed by atoms with Crippen molar-refractivity contribution in [3.8, 4) is 0 Å². The van der Waals surface area contributed by atoms with E-state index in [0.717, 1.165) is 30.1 Å². The third-order valence-corrected chi connectivity index (χ3v) is 12.0. The summed E-state index contributed by atoms with van der Waals surface area (Å²) in [4.78, 5) is 0. The number of hydrogen-bond acceptors (Lipinski definition) is 2. The van der Waals surface area contributed by atoms with Gasteiger partial charge in [-0.3, -0.25) is 0 Å². The summed E-state index contributed by atoms with van der Waals surface area (Å²) in [7, 11) is -3.09. The Bertz CT molecular complexity index is 734. The van der Waals surface area contributed by atoms with E-state index in [0.29, 0.717) is 16.7 Å². The first-order chi connectivity index (χ1) is 14.1. The highest BCUT2D eigenvalue weighted by Gasteiger charge is 2.65. The molecule has 3 saturated carbocycles. The van der Waals surface area contributed by atoms with Crippen LogP contribution in [0, 0.1) is 40.4 Å². The van der Waals surface area contributed by atoms with Gasteiger partial charge in [-0.2, -0.15) is 0 Å². The van der Waals surface area contributed by atoms with Crippen molar-refractivity contribution < 1.29 is 8.85 Å². The molecule has 8 atom stereocenters. The summed E-state index contributed by atoms with van der Waals surface area (Å²) in [6, 6.07) is 0. The van der Waals surface area contributed by atoms with Gasteiger partial charge in [0.1, 0.15) is 0 Å². The van der Waals surface area contributed by atoms with Gasteiger partial charge >= 0.3 is 0 Å². The molecule has 4 rings (SSSR count). The van der Waals surface area contributed by atoms with Gasteiger partial charge in [0, 0.05) is 6.42 Å². The van der Waals surface area contributed by atoms with Crippen LogP contribution in [0.5, 0.6) is 0 Å². The molecule has 0 heterocycles. The van der Waals surface area contributed by atoms with Crippen molar-refractivity contribution in [3.63, 3.8) is 0 Å². The molecule has 0 bridgehead atoms. The summed E-state index contributed by atoms with van der Waals surface area (Å²) >= 11 is 0. The highest BCUT2D eigenvalue weighted by atomic mass is 28.4. The minimum Gasteiger partial charge on any atom is -0.548 e. The third-order valence-electron chi connectivity index (χ3n) is 10.1. The number of hydrogen-bond donors (Lipinski definition) is 0. The molecule has 0 aromatic heterocycles. The molecule has 2 nitrogen and oxygen atoms in total. The second-order valence-electron chi connectivity index (χ2n) is 14.4. The standard InChI is InChI=1S/C27H50O2Si2/c1-19-17-20-18-21(28-30(5,6)7)11-14-25(20,2)22-12-15-26(3)23(24(19)22)13-16-27(26,4)29-31(8,9)10/h18-20,22-24H,11-17H2,1-10H3/t19?,20-,22?,23?,24?,25?,26?,27+/m1/s1. The van der Waals surface area contributed by atoms with Crippen molar-refractivity contribution in [1.82, 2.24) is 0 Å². The molecule has 0 N–H and O–H groups in total. The highest BCUT2D eigenvalue weighted by Crippen LogP contribution is 2.69. The first-order valence-corrected chi connectivity index (χ1v) is 20.0. The van der Waals surface area contributed by atoms with E-state index in [1.165, 1.54) is 44.3 Å². The Morgan fingerprint density at radius 3 is 2.13 bits per heavy atom. The Balaban J connectivity index is 1.61. The van der Waals surface area contributed by atoms with Crippen LogP contribution in [0.2, 0.25) is 39.3 Å². The molecule has 4 aliphatic rings. The first-order valence-electron chi connectivity index (χ1n) is 13.2. The Morgan fingerprint density at radius 2 is 1.52 bits per heavy atom. The Labute approximate surface area is 195 Å². The van der Waals surface area contributed by atoms with E-state index in [2.05, 4.69) is 73.1 Å². The lowest BCUT2D eigenvalue weighted by Crippen LogP contribution is -2.59. The van der Waals surface area contributed by atoms with Crippen molar-refractivity contribution in [3.05, 3.63) is 11.8 Å². The van der Waals surface area contributed by atoms with Crippen molar-refractivity contribution in [2.75, 3.05) is 0 Å². The lowest BCUT2D eigenvalue weighted by Gasteiger charge is -2.63. The predicted molar refractivity (Wildman–Crippen MR) is 137 cm³/mol. The molecule has 0 aromatic rings. The average molecular weight is 463 g/mol. The van der Waals surface area contributed by atoms with Gasteiger partial charge in [-0.05, 0) is 131 Å². The van der Waals surface area contributed by atoms with Crippen LogP contribution in [-0.2, 0) is 8.85 Å². The van der Waals surface area contributed by atoms with Gasteiger partial charge in [0.25, 0.3) is 0 Å². The van der Waals surface area contributed by atoms with Gasteiger partial charge in [0.15, 0.2) is 8.32 Å². The van der Waals surface area contributed by atoms with Crippen molar-refractivity contribution in [2.45, 2.75) is 118 Å². The monoisotopic (exact) mass is 462 g/mol. The molecule has 178 valence electrons. The van der Waals surface area contributed by atoms with Crippen LogP contribution in [-0.4, -0.2) is 22.2 Å². The summed E-state index contributed by atoms with van der Waals surface area (Å²) in [5.41, 5.74) is 0.890. The van der Waals surface area contributed by atoms with E-state index in [1.54, 1.807) is 0 Å². The molecule has 4 heteroatoms. The molecule has 3 fully saturated rings. The zero-order valence-corrected chi connectivity index (χ0v) is 24.2.